The van der Waals surface area contributed by atoms with Gasteiger partial charge in [0, 0.05) is 5.39 Å². The van der Waals surface area contributed by atoms with Crippen molar-refractivity contribution in [3.8, 4) is 0 Å². The van der Waals surface area contributed by atoms with E-state index in [1.807, 2.05) is 0 Å². The normalized spacial score (nSPS) is 10.4. The van der Waals surface area contributed by atoms with Crippen LogP contribution in [0.25, 0.3) is 17.0 Å². The maximum Gasteiger partial charge on any atom is 0.354 e. The number of rotatable bonds is 2. The number of aromatic nitrogens is 1. The van der Waals surface area contributed by atoms with Crippen LogP contribution in [0.15, 0.2) is 24.8 Å². The molecule has 0 aliphatic rings. The van der Waals surface area contributed by atoms with Crippen LogP contribution in [0.4, 0.5) is 4.39 Å². The minimum atomic E-state index is -0.523. The van der Waals surface area contributed by atoms with Gasteiger partial charge in [-0.25, -0.2) is 9.18 Å². The van der Waals surface area contributed by atoms with Crippen molar-refractivity contribution in [2.75, 3.05) is 7.11 Å². The first kappa shape index (κ1) is 10.4. The smallest absolute Gasteiger partial charge is 0.354 e. The third-order valence-corrected chi connectivity index (χ3v) is 2.40. The Kier molecular flexibility index (Phi) is 2.48. The molecule has 0 atom stereocenters. The Labute approximate surface area is 91.5 Å². The van der Waals surface area contributed by atoms with Gasteiger partial charge >= 0.3 is 5.97 Å². The van der Waals surface area contributed by atoms with Crippen molar-refractivity contribution in [1.29, 1.82) is 0 Å². The van der Waals surface area contributed by atoms with Gasteiger partial charge in [0.15, 0.2) is 0 Å². The minimum Gasteiger partial charge on any atom is -0.464 e. The molecule has 0 aliphatic carbocycles. The molecular formula is C12H10FNO2. The molecule has 1 aromatic heterocycles. The number of carbonyl (C=O) groups is 1. The predicted octanol–water partition coefficient (Wildman–Crippen LogP) is 2.74. The summed E-state index contributed by atoms with van der Waals surface area (Å²) in [6.07, 6.45) is 1.61. The predicted molar refractivity (Wildman–Crippen MR) is 59.7 cm³/mol. The number of H-pyrrole nitrogens is 1. The number of esters is 1. The van der Waals surface area contributed by atoms with Crippen molar-refractivity contribution < 1.29 is 13.9 Å². The van der Waals surface area contributed by atoms with Crippen LogP contribution in [0, 0.1) is 5.82 Å². The third-order valence-electron chi connectivity index (χ3n) is 2.40. The third kappa shape index (κ3) is 1.48. The molecule has 16 heavy (non-hydrogen) atoms. The van der Waals surface area contributed by atoms with Gasteiger partial charge in [0.2, 0.25) is 0 Å². The second-order valence-electron chi connectivity index (χ2n) is 3.30. The molecule has 4 heteroatoms. The van der Waals surface area contributed by atoms with Crippen molar-refractivity contribution in [2.45, 2.75) is 0 Å². The van der Waals surface area contributed by atoms with Gasteiger partial charge in [-0.2, -0.15) is 0 Å². The van der Waals surface area contributed by atoms with E-state index in [0.29, 0.717) is 5.39 Å². The summed E-state index contributed by atoms with van der Waals surface area (Å²) < 4.78 is 18.0. The summed E-state index contributed by atoms with van der Waals surface area (Å²) in [6.45, 7) is 3.63. The molecule has 1 N–H and O–H groups in total. The van der Waals surface area contributed by atoms with Crippen molar-refractivity contribution in [1.82, 2.24) is 4.98 Å². The van der Waals surface area contributed by atoms with Gasteiger partial charge in [0.05, 0.1) is 12.6 Å². The maximum absolute atomic E-state index is 13.5. The van der Waals surface area contributed by atoms with Gasteiger partial charge in [-0.05, 0) is 17.7 Å². The molecular weight excluding hydrogens is 209 g/mol. The minimum absolute atomic E-state index is 0.228. The number of methoxy groups -OCH3 is 1. The number of carbonyl (C=O) groups excluding carboxylic acids is 1. The summed E-state index contributed by atoms with van der Waals surface area (Å²) in [5.74, 6) is -0.929. The number of hydrogen-bond acceptors (Lipinski definition) is 2. The highest BCUT2D eigenvalue weighted by atomic mass is 19.1. The van der Waals surface area contributed by atoms with Gasteiger partial charge < -0.3 is 9.72 Å². The van der Waals surface area contributed by atoms with Crippen LogP contribution in [0.2, 0.25) is 0 Å². The van der Waals surface area contributed by atoms with Gasteiger partial charge in [-0.3, -0.25) is 0 Å². The molecule has 2 aromatic rings. The van der Waals surface area contributed by atoms with Crippen LogP contribution >= 0.6 is 0 Å². The molecule has 0 amide bonds. The molecule has 0 aliphatic heterocycles. The number of nitrogens with one attached hydrogen (secondary N) is 1. The summed E-state index contributed by atoms with van der Waals surface area (Å²) in [5, 5.41) is 0.621. The molecule has 0 bridgehead atoms. The van der Waals surface area contributed by atoms with Gasteiger partial charge in [0.1, 0.15) is 11.5 Å². The average Bonchev–Trinajstić information content (AvgIpc) is 2.74. The van der Waals surface area contributed by atoms with E-state index in [1.54, 1.807) is 18.2 Å². The van der Waals surface area contributed by atoms with E-state index < -0.39 is 11.8 Å². The van der Waals surface area contributed by atoms with Crippen LogP contribution in [-0.2, 0) is 4.74 Å². The lowest BCUT2D eigenvalue weighted by atomic mass is 10.1. The fraction of sp³-hybridized carbons (Fsp3) is 0.0833. The van der Waals surface area contributed by atoms with E-state index in [4.69, 9.17) is 0 Å². The summed E-state index contributed by atoms with van der Waals surface area (Å²) >= 11 is 0. The van der Waals surface area contributed by atoms with Gasteiger partial charge in [0.25, 0.3) is 0 Å². The molecule has 1 aromatic carbocycles. The molecule has 0 unspecified atom stereocenters. The van der Waals surface area contributed by atoms with Crippen molar-refractivity contribution in [3.63, 3.8) is 0 Å². The summed E-state index contributed by atoms with van der Waals surface area (Å²) in [4.78, 5) is 14.0. The number of aromatic amines is 1. The van der Waals surface area contributed by atoms with Gasteiger partial charge in [-0.15, -0.1) is 0 Å². The highest BCUT2D eigenvalue weighted by Crippen LogP contribution is 2.23. The molecule has 2 rings (SSSR count). The lowest BCUT2D eigenvalue weighted by Gasteiger charge is -1.96. The summed E-state index contributed by atoms with van der Waals surface area (Å²) in [5.41, 5.74) is 1.28. The van der Waals surface area contributed by atoms with Crippen LogP contribution in [0.1, 0.15) is 16.1 Å². The SMILES string of the molecule is C=Cc1ccc(F)c2[nH]c(C(=O)OC)cc12. The zero-order valence-electron chi connectivity index (χ0n) is 8.71. The van der Waals surface area contributed by atoms with E-state index in [1.165, 1.54) is 13.2 Å². The highest BCUT2D eigenvalue weighted by Gasteiger charge is 2.13. The largest absolute Gasteiger partial charge is 0.464 e. The fourth-order valence-electron chi connectivity index (χ4n) is 1.60. The van der Waals surface area contributed by atoms with Crippen LogP contribution in [0.3, 0.4) is 0 Å². The average molecular weight is 219 g/mol. The van der Waals surface area contributed by atoms with Crippen LogP contribution in [0.5, 0.6) is 0 Å². The first-order valence-electron chi connectivity index (χ1n) is 4.69. The first-order chi connectivity index (χ1) is 7.67. The fourth-order valence-corrected chi connectivity index (χ4v) is 1.60. The molecule has 1 heterocycles. The Morgan fingerprint density at radius 3 is 2.94 bits per heavy atom. The van der Waals surface area contributed by atoms with E-state index in [0.717, 1.165) is 5.56 Å². The van der Waals surface area contributed by atoms with Crippen molar-refractivity contribution in [2.24, 2.45) is 0 Å². The monoisotopic (exact) mass is 219 g/mol. The zero-order chi connectivity index (χ0) is 11.7. The second kappa shape index (κ2) is 3.81. The topological polar surface area (TPSA) is 42.1 Å². The number of ether oxygens (including phenoxy) is 1. The Morgan fingerprint density at radius 2 is 2.31 bits per heavy atom. The molecule has 0 fully saturated rings. The molecule has 3 nitrogen and oxygen atoms in total. The van der Waals surface area contributed by atoms with E-state index >= 15 is 0 Å². The van der Waals surface area contributed by atoms with E-state index in [-0.39, 0.29) is 11.2 Å². The lowest BCUT2D eigenvalue weighted by molar-refractivity contribution is 0.0595. The first-order valence-corrected chi connectivity index (χ1v) is 4.69. The molecule has 82 valence electrons. The van der Waals surface area contributed by atoms with Crippen molar-refractivity contribution >= 4 is 22.9 Å². The van der Waals surface area contributed by atoms with Gasteiger partial charge in [-0.1, -0.05) is 18.7 Å². The Hall–Kier alpha value is -2.10. The maximum atomic E-state index is 13.5. The summed E-state index contributed by atoms with van der Waals surface area (Å²) in [6, 6.07) is 4.50. The Bertz CT molecular complexity index is 572. The number of hydrogen-bond donors (Lipinski definition) is 1. The molecule has 0 saturated heterocycles. The molecule has 0 radical (unpaired) electrons. The quantitative estimate of drug-likeness (QED) is 0.789. The number of fused-ring (bicyclic) bond motifs is 1. The van der Waals surface area contributed by atoms with Crippen LogP contribution < -0.4 is 0 Å². The standard InChI is InChI=1S/C12H10FNO2/c1-3-7-4-5-9(13)11-8(7)6-10(14-11)12(15)16-2/h3-6,14H,1H2,2H3. The van der Waals surface area contributed by atoms with Crippen LogP contribution in [-0.4, -0.2) is 18.1 Å². The number of benzene rings is 1. The molecule has 0 saturated carbocycles. The Balaban J connectivity index is 2.72. The summed E-state index contributed by atoms with van der Waals surface area (Å²) in [7, 11) is 1.28. The van der Waals surface area contributed by atoms with E-state index in [9.17, 15) is 9.18 Å². The zero-order valence-corrected chi connectivity index (χ0v) is 8.71. The van der Waals surface area contributed by atoms with E-state index in [2.05, 4.69) is 16.3 Å². The molecule has 0 spiro atoms. The lowest BCUT2D eigenvalue weighted by Crippen LogP contribution is -2.00. The van der Waals surface area contributed by atoms with Crippen molar-refractivity contribution in [3.05, 3.63) is 41.9 Å². The highest BCUT2D eigenvalue weighted by molar-refractivity contribution is 5.97. The Morgan fingerprint density at radius 1 is 1.56 bits per heavy atom. The number of halogens is 1. The second-order valence-corrected chi connectivity index (χ2v) is 3.30.